The van der Waals surface area contributed by atoms with Crippen LogP contribution in [-0.2, 0) is 0 Å². The molecule has 0 aliphatic rings. The van der Waals surface area contributed by atoms with E-state index in [-0.39, 0.29) is 0 Å². The fourth-order valence-corrected chi connectivity index (χ4v) is 3.44. The van der Waals surface area contributed by atoms with Crippen molar-refractivity contribution in [2.45, 2.75) is 63.1 Å². The van der Waals surface area contributed by atoms with Crippen LogP contribution in [0.2, 0.25) is 0 Å². The summed E-state index contributed by atoms with van der Waals surface area (Å²) in [6.45, 7) is 9.98. The highest BCUT2D eigenvalue weighted by atomic mass is 32.2. The van der Waals surface area contributed by atoms with Crippen molar-refractivity contribution < 1.29 is 0 Å². The van der Waals surface area contributed by atoms with Gasteiger partial charge in [-0.15, -0.1) is 11.8 Å². The molecular weight excluding hydrogens is 238 g/mol. The highest BCUT2D eigenvalue weighted by Crippen LogP contribution is 2.29. The molecule has 0 amide bonds. The highest BCUT2D eigenvalue weighted by Gasteiger charge is 2.19. The maximum atomic E-state index is 3.65. The van der Waals surface area contributed by atoms with E-state index in [0.29, 0.717) is 11.3 Å². The Bertz CT molecular complexity index is 314. The summed E-state index contributed by atoms with van der Waals surface area (Å²) in [6, 6.07) is 9.54. The molecule has 2 atom stereocenters. The Morgan fingerprint density at radius 2 is 1.78 bits per heavy atom. The third kappa shape index (κ3) is 5.03. The minimum Gasteiger partial charge on any atom is -0.313 e. The predicted octanol–water partition coefficient (Wildman–Crippen LogP) is 4.64. The SMILES string of the molecule is CCCC(NCC)C(CC)Sc1ccc(C)cc1. The van der Waals surface area contributed by atoms with Crippen LogP contribution in [0, 0.1) is 6.92 Å². The average Bonchev–Trinajstić information content (AvgIpc) is 2.38. The second-order valence-corrected chi connectivity index (χ2v) is 6.14. The van der Waals surface area contributed by atoms with Crippen LogP contribution in [0.5, 0.6) is 0 Å². The minimum absolute atomic E-state index is 0.635. The summed E-state index contributed by atoms with van der Waals surface area (Å²) in [5, 5.41) is 4.32. The smallest absolute Gasteiger partial charge is 0.0245 e. The third-order valence-corrected chi connectivity index (χ3v) is 4.73. The van der Waals surface area contributed by atoms with Crippen LogP contribution in [-0.4, -0.2) is 17.8 Å². The van der Waals surface area contributed by atoms with E-state index in [1.54, 1.807) is 0 Å². The molecule has 0 radical (unpaired) electrons. The van der Waals surface area contributed by atoms with E-state index in [1.165, 1.54) is 29.7 Å². The number of hydrogen-bond donors (Lipinski definition) is 1. The first-order chi connectivity index (χ1) is 8.71. The lowest BCUT2D eigenvalue weighted by Crippen LogP contribution is -2.37. The van der Waals surface area contributed by atoms with Crippen molar-refractivity contribution in [2.75, 3.05) is 6.54 Å². The van der Waals surface area contributed by atoms with Crippen molar-refractivity contribution in [1.29, 1.82) is 0 Å². The van der Waals surface area contributed by atoms with Gasteiger partial charge in [0.25, 0.3) is 0 Å². The molecule has 0 spiro atoms. The Hall–Kier alpha value is -0.470. The molecule has 0 aromatic heterocycles. The zero-order valence-electron chi connectivity index (χ0n) is 12.2. The molecule has 0 aliphatic heterocycles. The average molecular weight is 265 g/mol. The first-order valence-corrected chi connectivity index (χ1v) is 8.05. The van der Waals surface area contributed by atoms with Crippen molar-refractivity contribution >= 4 is 11.8 Å². The zero-order chi connectivity index (χ0) is 13.4. The van der Waals surface area contributed by atoms with Crippen LogP contribution in [0.3, 0.4) is 0 Å². The highest BCUT2D eigenvalue weighted by molar-refractivity contribution is 8.00. The molecule has 1 N–H and O–H groups in total. The number of nitrogens with one attached hydrogen (secondary N) is 1. The molecule has 1 rings (SSSR count). The van der Waals surface area contributed by atoms with Crippen LogP contribution in [0.25, 0.3) is 0 Å². The summed E-state index contributed by atoms with van der Waals surface area (Å²) < 4.78 is 0. The molecule has 0 fully saturated rings. The lowest BCUT2D eigenvalue weighted by atomic mass is 10.1. The molecule has 1 aromatic carbocycles. The first-order valence-electron chi connectivity index (χ1n) is 7.17. The Balaban J connectivity index is 2.66. The number of aryl methyl sites for hydroxylation is 1. The fraction of sp³-hybridized carbons (Fsp3) is 0.625. The standard InChI is InChI=1S/C16H27NS/c1-5-8-15(17-7-3)16(6-2)18-14-11-9-13(4)10-12-14/h9-12,15-17H,5-8H2,1-4H3. The molecule has 1 nitrogen and oxygen atoms in total. The van der Waals surface area contributed by atoms with Gasteiger partial charge in [0.05, 0.1) is 0 Å². The Morgan fingerprint density at radius 1 is 1.11 bits per heavy atom. The Labute approximate surface area is 117 Å². The lowest BCUT2D eigenvalue weighted by Gasteiger charge is -2.26. The van der Waals surface area contributed by atoms with E-state index >= 15 is 0 Å². The summed E-state index contributed by atoms with van der Waals surface area (Å²) >= 11 is 2.02. The van der Waals surface area contributed by atoms with Gasteiger partial charge in [0.15, 0.2) is 0 Å². The Morgan fingerprint density at radius 3 is 2.28 bits per heavy atom. The largest absolute Gasteiger partial charge is 0.313 e. The van der Waals surface area contributed by atoms with Crippen LogP contribution < -0.4 is 5.32 Å². The molecule has 0 saturated carbocycles. The Kier molecular flexibility index (Phi) is 7.45. The summed E-state index contributed by atoms with van der Waals surface area (Å²) in [4.78, 5) is 1.39. The molecule has 102 valence electrons. The van der Waals surface area contributed by atoms with E-state index in [0.717, 1.165) is 6.54 Å². The fourth-order valence-electron chi connectivity index (χ4n) is 2.23. The van der Waals surface area contributed by atoms with Crippen molar-refractivity contribution in [3.05, 3.63) is 29.8 Å². The van der Waals surface area contributed by atoms with Gasteiger partial charge in [0.2, 0.25) is 0 Å². The maximum Gasteiger partial charge on any atom is 0.0245 e. The summed E-state index contributed by atoms with van der Waals surface area (Å²) in [7, 11) is 0. The van der Waals surface area contributed by atoms with Crippen molar-refractivity contribution in [1.82, 2.24) is 5.32 Å². The molecule has 18 heavy (non-hydrogen) atoms. The lowest BCUT2D eigenvalue weighted by molar-refractivity contribution is 0.465. The molecule has 0 heterocycles. The summed E-state index contributed by atoms with van der Waals surface area (Å²) in [6.07, 6.45) is 3.74. The van der Waals surface area contributed by atoms with E-state index < -0.39 is 0 Å². The number of hydrogen-bond acceptors (Lipinski definition) is 2. The molecule has 2 heteroatoms. The van der Waals surface area contributed by atoms with Crippen molar-refractivity contribution in [3.8, 4) is 0 Å². The summed E-state index contributed by atoms with van der Waals surface area (Å²) in [5.74, 6) is 0. The molecular formula is C16H27NS. The minimum atomic E-state index is 0.635. The van der Waals surface area contributed by atoms with Gasteiger partial charge in [0, 0.05) is 16.2 Å². The van der Waals surface area contributed by atoms with Crippen molar-refractivity contribution in [2.24, 2.45) is 0 Å². The predicted molar refractivity (Wildman–Crippen MR) is 83.5 cm³/mol. The molecule has 0 saturated heterocycles. The summed E-state index contributed by atoms with van der Waals surface area (Å²) in [5.41, 5.74) is 1.34. The van der Waals surface area contributed by atoms with E-state index in [9.17, 15) is 0 Å². The van der Waals surface area contributed by atoms with Gasteiger partial charge in [-0.25, -0.2) is 0 Å². The quantitative estimate of drug-likeness (QED) is 0.687. The topological polar surface area (TPSA) is 12.0 Å². The van der Waals surface area contributed by atoms with Crippen LogP contribution in [0.4, 0.5) is 0 Å². The normalized spacial score (nSPS) is 14.4. The van der Waals surface area contributed by atoms with Crippen molar-refractivity contribution in [3.63, 3.8) is 0 Å². The van der Waals surface area contributed by atoms with Gasteiger partial charge in [-0.05, 0) is 38.4 Å². The van der Waals surface area contributed by atoms with E-state index in [4.69, 9.17) is 0 Å². The number of benzene rings is 1. The third-order valence-electron chi connectivity index (χ3n) is 3.23. The van der Waals surface area contributed by atoms with Crippen LogP contribution in [0.15, 0.2) is 29.2 Å². The number of thioether (sulfide) groups is 1. The van der Waals surface area contributed by atoms with Gasteiger partial charge in [-0.1, -0.05) is 44.9 Å². The van der Waals surface area contributed by atoms with Gasteiger partial charge in [-0.2, -0.15) is 0 Å². The van der Waals surface area contributed by atoms with Gasteiger partial charge in [0.1, 0.15) is 0 Å². The van der Waals surface area contributed by atoms with Gasteiger partial charge in [-0.3, -0.25) is 0 Å². The molecule has 2 unspecified atom stereocenters. The number of rotatable bonds is 8. The van der Waals surface area contributed by atoms with Gasteiger partial charge < -0.3 is 5.32 Å². The molecule has 0 aliphatic carbocycles. The molecule has 0 bridgehead atoms. The molecule has 1 aromatic rings. The second-order valence-electron chi connectivity index (χ2n) is 4.83. The van der Waals surface area contributed by atoms with Gasteiger partial charge >= 0.3 is 0 Å². The monoisotopic (exact) mass is 265 g/mol. The van der Waals surface area contributed by atoms with Crippen LogP contribution in [0.1, 0.15) is 45.6 Å². The zero-order valence-corrected chi connectivity index (χ0v) is 13.0. The maximum absolute atomic E-state index is 3.65. The first kappa shape index (κ1) is 15.6. The second kappa shape index (κ2) is 8.60. The van der Waals surface area contributed by atoms with Crippen LogP contribution >= 0.6 is 11.8 Å². The van der Waals surface area contributed by atoms with E-state index in [1.807, 2.05) is 11.8 Å². The van der Waals surface area contributed by atoms with E-state index in [2.05, 4.69) is 57.3 Å².